The highest BCUT2D eigenvalue weighted by atomic mass is 15.3. The summed E-state index contributed by atoms with van der Waals surface area (Å²) in [5.74, 6) is 0. The van der Waals surface area contributed by atoms with E-state index in [4.69, 9.17) is 0 Å². The predicted octanol–water partition coefficient (Wildman–Crippen LogP) is 1.62. The van der Waals surface area contributed by atoms with Gasteiger partial charge in [0.25, 0.3) is 0 Å². The van der Waals surface area contributed by atoms with Crippen molar-refractivity contribution < 1.29 is 0 Å². The van der Waals surface area contributed by atoms with E-state index in [0.29, 0.717) is 0 Å². The van der Waals surface area contributed by atoms with Crippen molar-refractivity contribution in [3.05, 3.63) is 23.5 Å². The molecule has 0 amide bonds. The van der Waals surface area contributed by atoms with Crippen molar-refractivity contribution in [3.63, 3.8) is 0 Å². The average Bonchev–Trinajstić information content (AvgIpc) is 2.43. The number of hydrogen-bond acceptors (Lipinski definition) is 2. The second-order valence-electron chi connectivity index (χ2n) is 4.80. The van der Waals surface area contributed by atoms with Crippen LogP contribution < -0.4 is 5.32 Å². The van der Waals surface area contributed by atoms with Crippen LogP contribution in [0.3, 0.4) is 0 Å². The van der Waals surface area contributed by atoms with Crippen molar-refractivity contribution in [3.8, 4) is 0 Å². The lowest BCUT2D eigenvalue weighted by Gasteiger charge is -2.19. The largest absolute Gasteiger partial charge is 0.309 e. The molecule has 0 unspecified atom stereocenters. The van der Waals surface area contributed by atoms with Gasteiger partial charge in [-0.05, 0) is 26.3 Å². The van der Waals surface area contributed by atoms with E-state index >= 15 is 0 Å². The van der Waals surface area contributed by atoms with Crippen molar-refractivity contribution in [2.24, 2.45) is 0 Å². The number of rotatable bonds is 1. The molecule has 2 heterocycles. The fourth-order valence-electron chi connectivity index (χ4n) is 1.39. The highest BCUT2D eigenvalue weighted by molar-refractivity contribution is 5.53. The molecule has 1 aromatic heterocycles. The summed E-state index contributed by atoms with van der Waals surface area (Å²) in [6, 6.07) is 0. The van der Waals surface area contributed by atoms with Crippen LogP contribution in [0.25, 0.3) is 6.08 Å². The zero-order chi connectivity index (χ0) is 10.2. The van der Waals surface area contributed by atoms with Gasteiger partial charge in [-0.2, -0.15) is 5.10 Å². The Kier molecular flexibility index (Phi) is 2.19. The monoisotopic (exact) mass is 191 g/mol. The summed E-state index contributed by atoms with van der Waals surface area (Å²) < 4.78 is 2.01. The van der Waals surface area contributed by atoms with Crippen molar-refractivity contribution in [2.45, 2.75) is 26.3 Å². The molecule has 76 valence electrons. The molecule has 1 fully saturated rings. The van der Waals surface area contributed by atoms with E-state index in [2.05, 4.69) is 43.5 Å². The van der Waals surface area contributed by atoms with Gasteiger partial charge in [-0.15, -0.1) is 0 Å². The lowest BCUT2D eigenvalue weighted by atomic mass is 10.1. The molecule has 3 nitrogen and oxygen atoms in total. The minimum absolute atomic E-state index is 0.0780. The van der Waals surface area contributed by atoms with Crippen LogP contribution in [0.15, 0.2) is 18.0 Å². The predicted molar refractivity (Wildman–Crippen MR) is 58.1 cm³/mol. The Morgan fingerprint density at radius 2 is 2.14 bits per heavy atom. The van der Waals surface area contributed by atoms with E-state index in [1.807, 2.05) is 10.9 Å². The second kappa shape index (κ2) is 3.24. The number of aromatic nitrogens is 2. The Labute approximate surface area is 84.8 Å². The molecule has 14 heavy (non-hydrogen) atoms. The summed E-state index contributed by atoms with van der Waals surface area (Å²) in [6.07, 6.45) is 6.24. The molecule has 0 atom stereocenters. The summed E-state index contributed by atoms with van der Waals surface area (Å²) in [5.41, 5.74) is 2.74. The summed E-state index contributed by atoms with van der Waals surface area (Å²) in [7, 11) is 0. The Bertz CT molecular complexity index is 349. The minimum Gasteiger partial charge on any atom is -0.309 e. The lowest BCUT2D eigenvalue weighted by molar-refractivity contribution is 0.355. The van der Waals surface area contributed by atoms with Crippen LogP contribution in [-0.2, 0) is 5.54 Å². The zero-order valence-electron chi connectivity index (χ0n) is 9.04. The van der Waals surface area contributed by atoms with Gasteiger partial charge in [0.2, 0.25) is 0 Å². The quantitative estimate of drug-likeness (QED) is 0.731. The van der Waals surface area contributed by atoms with Crippen LogP contribution in [0, 0.1) is 0 Å². The first-order chi connectivity index (χ1) is 6.55. The summed E-state index contributed by atoms with van der Waals surface area (Å²) >= 11 is 0. The average molecular weight is 191 g/mol. The molecule has 0 bridgehead atoms. The van der Waals surface area contributed by atoms with Crippen molar-refractivity contribution in [2.75, 3.05) is 13.1 Å². The maximum atomic E-state index is 4.35. The first-order valence-corrected chi connectivity index (χ1v) is 5.01. The molecule has 1 saturated heterocycles. The molecule has 0 aromatic carbocycles. The van der Waals surface area contributed by atoms with Crippen LogP contribution in [0.1, 0.15) is 26.3 Å². The number of hydrogen-bond donors (Lipinski definition) is 1. The molecule has 1 aromatic rings. The van der Waals surface area contributed by atoms with E-state index in [1.54, 1.807) is 0 Å². The Balaban J connectivity index is 2.17. The van der Waals surface area contributed by atoms with Gasteiger partial charge in [-0.25, -0.2) is 0 Å². The van der Waals surface area contributed by atoms with Gasteiger partial charge < -0.3 is 5.32 Å². The van der Waals surface area contributed by atoms with E-state index in [9.17, 15) is 0 Å². The number of nitrogens with zero attached hydrogens (tertiary/aromatic N) is 2. The summed E-state index contributed by atoms with van der Waals surface area (Å²) in [5, 5.41) is 7.57. The van der Waals surface area contributed by atoms with Crippen LogP contribution in [0.2, 0.25) is 0 Å². The van der Waals surface area contributed by atoms with E-state index in [1.165, 1.54) is 11.1 Å². The van der Waals surface area contributed by atoms with Crippen LogP contribution in [-0.4, -0.2) is 22.9 Å². The smallest absolute Gasteiger partial charge is 0.0562 e. The normalized spacial score (nSPS) is 16.6. The third-order valence-corrected chi connectivity index (χ3v) is 2.36. The molecule has 3 heteroatoms. The van der Waals surface area contributed by atoms with Crippen LogP contribution in [0.4, 0.5) is 0 Å². The first-order valence-electron chi connectivity index (χ1n) is 5.01. The van der Waals surface area contributed by atoms with Crippen molar-refractivity contribution in [1.29, 1.82) is 0 Å². The standard InChI is InChI=1S/C11H17N3/c1-11(2,3)14-8-10(7-13-14)4-9-5-12-6-9/h4,7-8,12H,5-6H2,1-3H3. The van der Waals surface area contributed by atoms with Gasteiger partial charge >= 0.3 is 0 Å². The Morgan fingerprint density at radius 3 is 2.57 bits per heavy atom. The molecule has 1 aliphatic rings. The molecular weight excluding hydrogens is 174 g/mol. The van der Waals surface area contributed by atoms with Gasteiger partial charge in [0.05, 0.1) is 11.7 Å². The highest BCUT2D eigenvalue weighted by Crippen LogP contribution is 2.15. The maximum Gasteiger partial charge on any atom is 0.0562 e. The Hall–Kier alpha value is -1.09. The maximum absolute atomic E-state index is 4.35. The van der Waals surface area contributed by atoms with Crippen LogP contribution in [0.5, 0.6) is 0 Å². The van der Waals surface area contributed by atoms with Gasteiger partial charge in [0.1, 0.15) is 0 Å². The third kappa shape index (κ3) is 1.87. The van der Waals surface area contributed by atoms with Gasteiger partial charge in [0.15, 0.2) is 0 Å². The van der Waals surface area contributed by atoms with E-state index in [-0.39, 0.29) is 5.54 Å². The van der Waals surface area contributed by atoms with Crippen molar-refractivity contribution in [1.82, 2.24) is 15.1 Å². The molecular formula is C11H17N3. The molecule has 1 aliphatic heterocycles. The molecule has 0 radical (unpaired) electrons. The van der Waals surface area contributed by atoms with Gasteiger partial charge in [-0.1, -0.05) is 6.08 Å². The van der Waals surface area contributed by atoms with Crippen molar-refractivity contribution >= 4 is 6.08 Å². The van der Waals surface area contributed by atoms with E-state index < -0.39 is 0 Å². The molecule has 0 spiro atoms. The minimum atomic E-state index is 0.0780. The van der Waals surface area contributed by atoms with Gasteiger partial charge in [0, 0.05) is 24.8 Å². The third-order valence-electron chi connectivity index (χ3n) is 2.36. The molecule has 0 saturated carbocycles. The molecule has 0 aliphatic carbocycles. The fourth-order valence-corrected chi connectivity index (χ4v) is 1.39. The SMILES string of the molecule is CC(C)(C)n1cc(C=C2CNC2)cn1. The summed E-state index contributed by atoms with van der Waals surface area (Å²) in [6.45, 7) is 8.52. The Morgan fingerprint density at radius 1 is 1.43 bits per heavy atom. The number of nitrogens with one attached hydrogen (secondary N) is 1. The fraction of sp³-hybridized carbons (Fsp3) is 0.545. The van der Waals surface area contributed by atoms with E-state index in [0.717, 1.165) is 13.1 Å². The highest BCUT2D eigenvalue weighted by Gasteiger charge is 2.14. The lowest BCUT2D eigenvalue weighted by Crippen LogP contribution is -2.33. The van der Waals surface area contributed by atoms with Gasteiger partial charge in [-0.3, -0.25) is 4.68 Å². The van der Waals surface area contributed by atoms with Crippen LogP contribution >= 0.6 is 0 Å². The second-order valence-corrected chi connectivity index (χ2v) is 4.80. The topological polar surface area (TPSA) is 29.9 Å². The first kappa shape index (κ1) is 9.46. The molecule has 1 N–H and O–H groups in total. The molecule has 2 rings (SSSR count). The zero-order valence-corrected chi connectivity index (χ0v) is 9.04. The summed E-state index contributed by atoms with van der Waals surface area (Å²) in [4.78, 5) is 0.